The lowest BCUT2D eigenvalue weighted by Crippen LogP contribution is -2.30. The number of nitrogens with one attached hydrogen (secondary N) is 1. The van der Waals surface area contributed by atoms with E-state index < -0.39 is 0 Å². The minimum absolute atomic E-state index is 0.856. The summed E-state index contributed by atoms with van der Waals surface area (Å²) in [7, 11) is 0. The van der Waals surface area contributed by atoms with E-state index in [0.29, 0.717) is 0 Å². The normalized spacial score (nSPS) is 22.6. The van der Waals surface area contributed by atoms with Gasteiger partial charge in [0.2, 0.25) is 0 Å². The Kier molecular flexibility index (Phi) is 6.93. The second-order valence-electron chi connectivity index (χ2n) is 5.92. The van der Waals surface area contributed by atoms with Crippen molar-refractivity contribution in [2.75, 3.05) is 19.7 Å². The summed E-state index contributed by atoms with van der Waals surface area (Å²) >= 11 is 0. The molecule has 2 heteroatoms. The van der Waals surface area contributed by atoms with Gasteiger partial charge < -0.3 is 10.1 Å². The predicted molar refractivity (Wildman–Crippen MR) is 85.2 cm³/mol. The van der Waals surface area contributed by atoms with Gasteiger partial charge in [-0.1, -0.05) is 44.4 Å². The van der Waals surface area contributed by atoms with Gasteiger partial charge in [-0.05, 0) is 56.3 Å². The molecule has 112 valence electrons. The number of benzene rings is 1. The van der Waals surface area contributed by atoms with Crippen LogP contribution in [0.1, 0.15) is 45.4 Å². The first-order valence-electron chi connectivity index (χ1n) is 8.28. The van der Waals surface area contributed by atoms with E-state index >= 15 is 0 Å². The van der Waals surface area contributed by atoms with E-state index in [4.69, 9.17) is 4.74 Å². The van der Waals surface area contributed by atoms with Crippen molar-refractivity contribution in [3.8, 4) is 5.75 Å². The molecule has 1 aromatic carbocycles. The SMILES string of the molecule is CCNCC1CCCCC1CCCOc1ccccc1. The smallest absolute Gasteiger partial charge is 0.119 e. The summed E-state index contributed by atoms with van der Waals surface area (Å²) in [5.74, 6) is 2.79. The maximum absolute atomic E-state index is 5.80. The van der Waals surface area contributed by atoms with E-state index in [1.54, 1.807) is 0 Å². The van der Waals surface area contributed by atoms with Crippen molar-refractivity contribution in [3.63, 3.8) is 0 Å². The molecule has 0 spiro atoms. The Morgan fingerprint density at radius 3 is 2.60 bits per heavy atom. The molecule has 2 rings (SSSR count). The van der Waals surface area contributed by atoms with Crippen molar-refractivity contribution in [2.45, 2.75) is 45.4 Å². The summed E-state index contributed by atoms with van der Waals surface area (Å²) in [6, 6.07) is 10.2. The minimum atomic E-state index is 0.856. The molecule has 1 fully saturated rings. The van der Waals surface area contributed by atoms with E-state index in [-0.39, 0.29) is 0 Å². The highest BCUT2D eigenvalue weighted by Gasteiger charge is 2.24. The molecule has 1 saturated carbocycles. The number of para-hydroxylation sites is 1. The van der Waals surface area contributed by atoms with Crippen LogP contribution in [0.4, 0.5) is 0 Å². The van der Waals surface area contributed by atoms with E-state index in [0.717, 1.165) is 30.7 Å². The number of rotatable bonds is 8. The lowest BCUT2D eigenvalue weighted by molar-refractivity contribution is 0.200. The standard InChI is InChI=1S/C18H29NO/c1-2-19-15-17-10-7-6-9-16(17)11-8-14-20-18-12-4-3-5-13-18/h3-5,12-13,16-17,19H,2,6-11,14-15H2,1H3. The minimum Gasteiger partial charge on any atom is -0.494 e. The van der Waals surface area contributed by atoms with Crippen molar-refractivity contribution in [1.29, 1.82) is 0 Å². The molecule has 0 bridgehead atoms. The molecule has 1 aliphatic rings. The van der Waals surface area contributed by atoms with Gasteiger partial charge in [0.25, 0.3) is 0 Å². The van der Waals surface area contributed by atoms with E-state index in [1.165, 1.54) is 45.1 Å². The molecule has 20 heavy (non-hydrogen) atoms. The quantitative estimate of drug-likeness (QED) is 0.716. The number of hydrogen-bond acceptors (Lipinski definition) is 2. The molecule has 0 amide bonds. The summed E-state index contributed by atoms with van der Waals surface area (Å²) in [5.41, 5.74) is 0. The highest BCUT2D eigenvalue weighted by Crippen LogP contribution is 2.32. The van der Waals surface area contributed by atoms with Gasteiger partial charge in [-0.15, -0.1) is 0 Å². The molecule has 1 aliphatic carbocycles. The lowest BCUT2D eigenvalue weighted by Gasteiger charge is -2.31. The second-order valence-corrected chi connectivity index (χ2v) is 5.92. The van der Waals surface area contributed by atoms with Crippen molar-refractivity contribution in [2.24, 2.45) is 11.8 Å². The third-order valence-electron chi connectivity index (χ3n) is 4.45. The lowest BCUT2D eigenvalue weighted by atomic mass is 9.77. The van der Waals surface area contributed by atoms with Gasteiger partial charge in [-0.3, -0.25) is 0 Å². The fourth-order valence-corrected chi connectivity index (χ4v) is 3.32. The van der Waals surface area contributed by atoms with E-state index in [9.17, 15) is 0 Å². The molecule has 1 N–H and O–H groups in total. The monoisotopic (exact) mass is 275 g/mol. The van der Waals surface area contributed by atoms with Crippen molar-refractivity contribution >= 4 is 0 Å². The van der Waals surface area contributed by atoms with Crippen LogP contribution in [0.15, 0.2) is 30.3 Å². The molecule has 0 aromatic heterocycles. The topological polar surface area (TPSA) is 21.3 Å². The molecule has 0 radical (unpaired) electrons. The number of hydrogen-bond donors (Lipinski definition) is 1. The van der Waals surface area contributed by atoms with Gasteiger partial charge in [-0.25, -0.2) is 0 Å². The predicted octanol–water partition coefficient (Wildman–Crippen LogP) is 4.26. The Bertz CT molecular complexity index is 352. The molecule has 2 unspecified atom stereocenters. The maximum Gasteiger partial charge on any atom is 0.119 e. The first-order chi connectivity index (χ1) is 9.90. The summed E-state index contributed by atoms with van der Waals surface area (Å²) in [5, 5.41) is 3.53. The van der Waals surface area contributed by atoms with Crippen LogP contribution in [0.2, 0.25) is 0 Å². The zero-order chi connectivity index (χ0) is 14.0. The van der Waals surface area contributed by atoms with E-state index in [2.05, 4.69) is 12.2 Å². The van der Waals surface area contributed by atoms with Crippen molar-refractivity contribution in [3.05, 3.63) is 30.3 Å². The Morgan fingerprint density at radius 2 is 1.85 bits per heavy atom. The van der Waals surface area contributed by atoms with Gasteiger partial charge in [0.1, 0.15) is 5.75 Å². The Hall–Kier alpha value is -1.02. The van der Waals surface area contributed by atoms with Gasteiger partial charge in [0, 0.05) is 0 Å². The maximum atomic E-state index is 5.80. The molecule has 2 atom stereocenters. The van der Waals surface area contributed by atoms with Crippen LogP contribution in [-0.4, -0.2) is 19.7 Å². The third kappa shape index (κ3) is 5.16. The first-order valence-corrected chi connectivity index (χ1v) is 8.28. The zero-order valence-corrected chi connectivity index (χ0v) is 12.8. The number of ether oxygens (including phenoxy) is 1. The Labute approximate surface area is 123 Å². The third-order valence-corrected chi connectivity index (χ3v) is 4.45. The van der Waals surface area contributed by atoms with Gasteiger partial charge >= 0.3 is 0 Å². The average molecular weight is 275 g/mol. The van der Waals surface area contributed by atoms with E-state index in [1.807, 2.05) is 30.3 Å². The Balaban J connectivity index is 1.66. The van der Waals surface area contributed by atoms with Gasteiger partial charge in [-0.2, -0.15) is 0 Å². The van der Waals surface area contributed by atoms with Crippen LogP contribution in [0.5, 0.6) is 5.75 Å². The fraction of sp³-hybridized carbons (Fsp3) is 0.667. The van der Waals surface area contributed by atoms with Crippen LogP contribution in [0.3, 0.4) is 0 Å². The Morgan fingerprint density at radius 1 is 1.10 bits per heavy atom. The van der Waals surface area contributed by atoms with Gasteiger partial charge in [0.15, 0.2) is 0 Å². The summed E-state index contributed by atoms with van der Waals surface area (Å²) in [4.78, 5) is 0. The van der Waals surface area contributed by atoms with Crippen LogP contribution in [-0.2, 0) is 0 Å². The highest BCUT2D eigenvalue weighted by molar-refractivity contribution is 5.20. The van der Waals surface area contributed by atoms with Crippen LogP contribution < -0.4 is 10.1 Å². The fourth-order valence-electron chi connectivity index (χ4n) is 3.32. The average Bonchev–Trinajstić information content (AvgIpc) is 2.51. The van der Waals surface area contributed by atoms with Crippen molar-refractivity contribution in [1.82, 2.24) is 5.32 Å². The molecule has 0 saturated heterocycles. The molecule has 0 heterocycles. The molecule has 1 aromatic rings. The second kappa shape index (κ2) is 9.02. The molecular formula is C18H29NO. The van der Waals surface area contributed by atoms with Gasteiger partial charge in [0.05, 0.1) is 6.61 Å². The molecule has 2 nitrogen and oxygen atoms in total. The molecular weight excluding hydrogens is 246 g/mol. The van der Waals surface area contributed by atoms with Crippen LogP contribution >= 0.6 is 0 Å². The van der Waals surface area contributed by atoms with Crippen LogP contribution in [0.25, 0.3) is 0 Å². The summed E-state index contributed by atoms with van der Waals surface area (Å²) < 4.78 is 5.80. The highest BCUT2D eigenvalue weighted by atomic mass is 16.5. The van der Waals surface area contributed by atoms with Crippen molar-refractivity contribution < 1.29 is 4.74 Å². The summed E-state index contributed by atoms with van der Waals surface area (Å²) in [6.45, 7) is 5.36. The summed E-state index contributed by atoms with van der Waals surface area (Å²) in [6.07, 6.45) is 8.18. The zero-order valence-electron chi connectivity index (χ0n) is 12.8. The van der Waals surface area contributed by atoms with Crippen LogP contribution in [0, 0.1) is 11.8 Å². The molecule has 0 aliphatic heterocycles. The largest absolute Gasteiger partial charge is 0.494 e. The first kappa shape index (κ1) is 15.4.